The lowest BCUT2D eigenvalue weighted by Gasteiger charge is -2.10. The molecule has 0 aliphatic rings. The van der Waals surface area contributed by atoms with Gasteiger partial charge in [0.1, 0.15) is 0 Å². The number of nitrogens with two attached hydrogens (primary N) is 1. The number of carbonyl (C=O) groups is 1. The molecule has 1 unspecified atom stereocenters. The number of anilines is 1. The number of carbonyl (C=O) groups excluding carboxylic acids is 1. The Hall–Kier alpha value is -1.16. The van der Waals surface area contributed by atoms with Gasteiger partial charge in [0.2, 0.25) is 5.91 Å². The van der Waals surface area contributed by atoms with E-state index in [1.807, 2.05) is 37.4 Å². The van der Waals surface area contributed by atoms with Gasteiger partial charge in [-0.2, -0.15) is 11.8 Å². The molecule has 1 aromatic carbocycles. The van der Waals surface area contributed by atoms with E-state index in [0.29, 0.717) is 6.54 Å². The van der Waals surface area contributed by atoms with Crippen LogP contribution in [-0.2, 0) is 11.2 Å². The van der Waals surface area contributed by atoms with Gasteiger partial charge in [-0.1, -0.05) is 19.1 Å². The van der Waals surface area contributed by atoms with Crippen molar-refractivity contribution in [2.45, 2.75) is 13.3 Å². The molecule has 0 saturated heterocycles. The molecule has 4 heteroatoms. The first-order chi connectivity index (χ1) is 8.13. The van der Waals surface area contributed by atoms with Crippen LogP contribution in [0.3, 0.4) is 0 Å². The summed E-state index contributed by atoms with van der Waals surface area (Å²) in [5.41, 5.74) is 7.57. The normalized spacial score (nSPS) is 12.1. The molecular weight excluding hydrogens is 232 g/mol. The van der Waals surface area contributed by atoms with Gasteiger partial charge >= 0.3 is 0 Å². The second-order valence-corrected chi connectivity index (χ2v) is 5.05. The van der Waals surface area contributed by atoms with Gasteiger partial charge < -0.3 is 11.1 Å². The van der Waals surface area contributed by atoms with Crippen molar-refractivity contribution in [1.29, 1.82) is 0 Å². The molecule has 0 radical (unpaired) electrons. The van der Waals surface area contributed by atoms with Crippen LogP contribution >= 0.6 is 11.8 Å². The van der Waals surface area contributed by atoms with E-state index in [4.69, 9.17) is 5.73 Å². The summed E-state index contributed by atoms with van der Waals surface area (Å²) in [6.07, 6.45) is 2.86. The molecule has 0 fully saturated rings. The summed E-state index contributed by atoms with van der Waals surface area (Å²) in [4.78, 5) is 11.6. The van der Waals surface area contributed by atoms with Gasteiger partial charge in [-0.25, -0.2) is 0 Å². The SMILES string of the molecule is CSCC(C)C(=O)NCCc1ccc(N)cc1. The van der Waals surface area contributed by atoms with E-state index < -0.39 is 0 Å². The average Bonchev–Trinajstić information content (AvgIpc) is 2.32. The maximum atomic E-state index is 11.6. The van der Waals surface area contributed by atoms with Crippen molar-refractivity contribution >= 4 is 23.4 Å². The third kappa shape index (κ3) is 5.13. The lowest BCUT2D eigenvalue weighted by atomic mass is 10.1. The largest absolute Gasteiger partial charge is 0.399 e. The predicted octanol–water partition coefficient (Wildman–Crippen LogP) is 1.93. The van der Waals surface area contributed by atoms with Crippen molar-refractivity contribution in [2.24, 2.45) is 5.92 Å². The second-order valence-electron chi connectivity index (χ2n) is 4.14. The van der Waals surface area contributed by atoms with Crippen molar-refractivity contribution in [3.63, 3.8) is 0 Å². The van der Waals surface area contributed by atoms with Crippen LogP contribution in [0.2, 0.25) is 0 Å². The van der Waals surface area contributed by atoms with Crippen LogP contribution < -0.4 is 11.1 Å². The third-order valence-corrected chi connectivity index (χ3v) is 3.39. The van der Waals surface area contributed by atoms with Gasteiger partial charge in [0.15, 0.2) is 0 Å². The molecule has 0 heterocycles. The summed E-state index contributed by atoms with van der Waals surface area (Å²) < 4.78 is 0. The van der Waals surface area contributed by atoms with Gasteiger partial charge in [-0.15, -0.1) is 0 Å². The fourth-order valence-electron chi connectivity index (χ4n) is 1.51. The molecule has 0 aliphatic carbocycles. The number of nitrogens with one attached hydrogen (secondary N) is 1. The highest BCUT2D eigenvalue weighted by atomic mass is 32.2. The summed E-state index contributed by atoms with van der Waals surface area (Å²) >= 11 is 1.69. The summed E-state index contributed by atoms with van der Waals surface area (Å²) in [7, 11) is 0. The van der Waals surface area contributed by atoms with Crippen LogP contribution in [0.4, 0.5) is 5.69 Å². The Bertz CT molecular complexity index is 351. The highest BCUT2D eigenvalue weighted by Crippen LogP contribution is 2.06. The van der Waals surface area contributed by atoms with E-state index in [0.717, 1.165) is 17.9 Å². The van der Waals surface area contributed by atoms with E-state index in [9.17, 15) is 4.79 Å². The number of hydrogen-bond acceptors (Lipinski definition) is 3. The van der Waals surface area contributed by atoms with Gasteiger partial charge in [0.25, 0.3) is 0 Å². The average molecular weight is 252 g/mol. The van der Waals surface area contributed by atoms with Crippen molar-refractivity contribution in [3.8, 4) is 0 Å². The summed E-state index contributed by atoms with van der Waals surface area (Å²) in [5.74, 6) is 1.08. The number of rotatable bonds is 6. The predicted molar refractivity (Wildman–Crippen MR) is 75.1 cm³/mol. The Balaban J connectivity index is 2.28. The standard InChI is InChI=1S/C13H20N2OS/c1-10(9-17-2)13(16)15-8-7-11-3-5-12(14)6-4-11/h3-6,10H,7-9,14H2,1-2H3,(H,15,16). The minimum Gasteiger partial charge on any atom is -0.399 e. The molecule has 1 rings (SSSR count). The van der Waals surface area contributed by atoms with Gasteiger partial charge in [-0.05, 0) is 30.4 Å². The maximum Gasteiger partial charge on any atom is 0.223 e. The molecular formula is C13H20N2OS. The van der Waals surface area contributed by atoms with E-state index in [2.05, 4.69) is 5.32 Å². The monoisotopic (exact) mass is 252 g/mol. The van der Waals surface area contributed by atoms with Gasteiger partial charge in [-0.3, -0.25) is 4.79 Å². The third-order valence-electron chi connectivity index (χ3n) is 2.56. The molecule has 1 amide bonds. The number of amides is 1. The van der Waals surface area contributed by atoms with Crippen molar-refractivity contribution in [1.82, 2.24) is 5.32 Å². The van der Waals surface area contributed by atoms with E-state index >= 15 is 0 Å². The highest BCUT2D eigenvalue weighted by Gasteiger charge is 2.10. The van der Waals surface area contributed by atoms with Gasteiger partial charge in [0, 0.05) is 23.9 Å². The van der Waals surface area contributed by atoms with E-state index in [1.165, 1.54) is 5.56 Å². The Morgan fingerprint density at radius 2 is 2.06 bits per heavy atom. The van der Waals surface area contributed by atoms with Crippen LogP contribution in [0.25, 0.3) is 0 Å². The molecule has 0 aromatic heterocycles. The van der Waals surface area contributed by atoms with Crippen LogP contribution in [0.1, 0.15) is 12.5 Å². The number of benzene rings is 1. The smallest absolute Gasteiger partial charge is 0.223 e. The molecule has 3 nitrogen and oxygen atoms in total. The van der Waals surface area contributed by atoms with Crippen LogP contribution in [0.5, 0.6) is 0 Å². The van der Waals surface area contributed by atoms with E-state index in [1.54, 1.807) is 11.8 Å². The fraction of sp³-hybridized carbons (Fsp3) is 0.462. The Kier molecular flexibility index (Phi) is 5.91. The first kappa shape index (κ1) is 13.9. The van der Waals surface area contributed by atoms with E-state index in [-0.39, 0.29) is 11.8 Å². The number of hydrogen-bond donors (Lipinski definition) is 2. The first-order valence-corrected chi connectivity index (χ1v) is 7.14. The maximum absolute atomic E-state index is 11.6. The number of nitrogen functional groups attached to an aromatic ring is 1. The summed E-state index contributed by atoms with van der Waals surface area (Å²) in [6.45, 7) is 2.64. The molecule has 0 saturated carbocycles. The molecule has 3 N–H and O–H groups in total. The van der Waals surface area contributed by atoms with Crippen molar-refractivity contribution < 1.29 is 4.79 Å². The van der Waals surface area contributed by atoms with Gasteiger partial charge in [0.05, 0.1) is 0 Å². The Morgan fingerprint density at radius 3 is 2.65 bits per heavy atom. The minimum atomic E-state index is 0.0800. The Morgan fingerprint density at radius 1 is 1.41 bits per heavy atom. The topological polar surface area (TPSA) is 55.1 Å². The Labute approximate surface area is 107 Å². The molecule has 1 atom stereocenters. The highest BCUT2D eigenvalue weighted by molar-refractivity contribution is 7.98. The number of thioether (sulfide) groups is 1. The first-order valence-electron chi connectivity index (χ1n) is 5.74. The zero-order chi connectivity index (χ0) is 12.7. The molecule has 1 aromatic rings. The lowest BCUT2D eigenvalue weighted by molar-refractivity contribution is -0.123. The molecule has 0 bridgehead atoms. The zero-order valence-corrected chi connectivity index (χ0v) is 11.2. The summed E-state index contributed by atoms with van der Waals surface area (Å²) in [6, 6.07) is 7.75. The van der Waals surface area contributed by atoms with Crippen LogP contribution in [0, 0.1) is 5.92 Å². The summed E-state index contributed by atoms with van der Waals surface area (Å²) in [5, 5.41) is 2.95. The molecule has 0 spiro atoms. The molecule has 94 valence electrons. The van der Waals surface area contributed by atoms with Crippen molar-refractivity contribution in [3.05, 3.63) is 29.8 Å². The molecule has 17 heavy (non-hydrogen) atoms. The zero-order valence-electron chi connectivity index (χ0n) is 10.4. The minimum absolute atomic E-state index is 0.0800. The lowest BCUT2D eigenvalue weighted by Crippen LogP contribution is -2.31. The quantitative estimate of drug-likeness (QED) is 0.761. The van der Waals surface area contributed by atoms with Crippen LogP contribution in [0.15, 0.2) is 24.3 Å². The second kappa shape index (κ2) is 7.22. The molecule has 0 aliphatic heterocycles. The van der Waals surface area contributed by atoms with Crippen molar-refractivity contribution in [2.75, 3.05) is 24.3 Å². The van der Waals surface area contributed by atoms with Crippen LogP contribution in [-0.4, -0.2) is 24.5 Å². The fourth-order valence-corrected chi connectivity index (χ4v) is 2.17.